The number of rotatable bonds is 4. The molecule has 0 fully saturated rings. The number of benzene rings is 1. The van der Waals surface area contributed by atoms with Gasteiger partial charge >= 0.3 is 0 Å². The van der Waals surface area contributed by atoms with Gasteiger partial charge in [0.15, 0.2) is 5.82 Å². The molecule has 160 valence electrons. The Bertz CT molecular complexity index is 1200. The highest BCUT2D eigenvalue weighted by Gasteiger charge is 2.22. The van der Waals surface area contributed by atoms with Crippen LogP contribution in [0.4, 0.5) is 5.69 Å². The fraction of sp³-hybridized carbons (Fsp3) is 0.100. The number of carbonyl (C=O) groups excluding carboxylic acids is 3. The van der Waals surface area contributed by atoms with Crippen molar-refractivity contribution in [2.75, 3.05) is 5.32 Å². The van der Waals surface area contributed by atoms with Crippen LogP contribution in [0, 0.1) is 10.6 Å². The van der Waals surface area contributed by atoms with Gasteiger partial charge < -0.3 is 5.32 Å². The Morgan fingerprint density at radius 3 is 2.48 bits per heavy atom. The second-order valence-corrected chi connectivity index (χ2v) is 8.37. The molecular weight excluding hydrogens is 556 g/mol. The largest absolute Gasteiger partial charge is 0.320 e. The summed E-state index contributed by atoms with van der Waals surface area (Å²) in [5, 5.41) is 3.45. The summed E-state index contributed by atoms with van der Waals surface area (Å²) in [6.07, 6.45) is 1.58. The predicted molar refractivity (Wildman–Crippen MR) is 127 cm³/mol. The van der Waals surface area contributed by atoms with Gasteiger partial charge in [-0.3, -0.25) is 29.8 Å². The first-order chi connectivity index (χ1) is 14.7. The lowest BCUT2D eigenvalue weighted by molar-refractivity contribution is -0.119. The van der Waals surface area contributed by atoms with E-state index in [9.17, 15) is 14.4 Å². The van der Waals surface area contributed by atoms with Crippen molar-refractivity contribution in [3.8, 4) is 5.82 Å². The highest BCUT2D eigenvalue weighted by atomic mass is 127. The molecule has 8 nitrogen and oxygen atoms in total. The minimum absolute atomic E-state index is 0.0933. The molecule has 0 saturated carbocycles. The van der Waals surface area contributed by atoms with E-state index in [1.807, 2.05) is 0 Å². The van der Waals surface area contributed by atoms with Crippen molar-refractivity contribution in [1.82, 2.24) is 20.4 Å². The maximum Gasteiger partial charge on any atom is 0.272 e. The molecule has 0 aliphatic heterocycles. The average molecular weight is 572 g/mol. The highest BCUT2D eigenvalue weighted by molar-refractivity contribution is 14.1. The summed E-state index contributed by atoms with van der Waals surface area (Å²) in [4.78, 5) is 41.1. The van der Waals surface area contributed by atoms with Gasteiger partial charge in [-0.25, -0.2) is 4.98 Å². The molecule has 3 rings (SSSR count). The van der Waals surface area contributed by atoms with Crippen LogP contribution in [-0.4, -0.2) is 27.3 Å². The summed E-state index contributed by atoms with van der Waals surface area (Å²) in [7, 11) is 0. The van der Waals surface area contributed by atoms with Crippen LogP contribution in [0.25, 0.3) is 5.82 Å². The number of anilines is 1. The number of carbonyl (C=O) groups is 3. The first kappa shape index (κ1) is 23.0. The summed E-state index contributed by atoms with van der Waals surface area (Å²) in [5.41, 5.74) is 5.67. The van der Waals surface area contributed by atoms with Crippen LogP contribution < -0.4 is 16.2 Å². The van der Waals surface area contributed by atoms with Gasteiger partial charge in [0.05, 0.1) is 20.0 Å². The molecule has 0 saturated heterocycles. The second-order valence-electron chi connectivity index (χ2n) is 6.42. The fourth-order valence-corrected chi connectivity index (χ4v) is 3.97. The Hall–Kier alpha value is -2.63. The van der Waals surface area contributed by atoms with Crippen molar-refractivity contribution in [3.63, 3.8) is 0 Å². The van der Waals surface area contributed by atoms with Crippen molar-refractivity contribution in [2.24, 2.45) is 0 Å². The number of aromatic nitrogens is 2. The maximum atomic E-state index is 13.2. The quantitative estimate of drug-likeness (QED) is 0.323. The van der Waals surface area contributed by atoms with Gasteiger partial charge in [-0.05, 0) is 71.5 Å². The molecule has 0 atom stereocenters. The van der Waals surface area contributed by atoms with Crippen molar-refractivity contribution in [3.05, 3.63) is 73.2 Å². The Morgan fingerprint density at radius 2 is 1.81 bits per heavy atom. The van der Waals surface area contributed by atoms with Crippen LogP contribution in [0.5, 0.6) is 0 Å². The Kier molecular flexibility index (Phi) is 7.19. The van der Waals surface area contributed by atoms with Gasteiger partial charge in [0.2, 0.25) is 5.91 Å². The molecule has 2 heterocycles. The van der Waals surface area contributed by atoms with Crippen LogP contribution in [-0.2, 0) is 4.79 Å². The molecule has 1 aromatic carbocycles. The zero-order chi connectivity index (χ0) is 22.7. The number of hydrogen-bond acceptors (Lipinski definition) is 4. The third-order valence-corrected chi connectivity index (χ3v) is 5.51. The Balaban J connectivity index is 2.00. The number of aryl methyl sites for hydroxylation is 1. The third kappa shape index (κ3) is 5.17. The first-order valence-corrected chi connectivity index (χ1v) is 10.7. The zero-order valence-corrected chi connectivity index (χ0v) is 20.0. The van der Waals surface area contributed by atoms with Crippen LogP contribution in [0.2, 0.25) is 10.0 Å². The average Bonchev–Trinajstić information content (AvgIpc) is 3.09. The van der Waals surface area contributed by atoms with Gasteiger partial charge in [0, 0.05) is 18.1 Å². The van der Waals surface area contributed by atoms with Crippen molar-refractivity contribution in [2.45, 2.75) is 13.8 Å². The molecule has 11 heteroatoms. The smallest absolute Gasteiger partial charge is 0.272 e. The molecule has 3 N–H and O–H groups in total. The molecular formula is C20H16Cl2IN5O3. The van der Waals surface area contributed by atoms with Crippen LogP contribution in [0.3, 0.4) is 0 Å². The third-order valence-electron chi connectivity index (χ3n) is 4.15. The number of pyridine rings is 1. The van der Waals surface area contributed by atoms with E-state index >= 15 is 0 Å². The van der Waals surface area contributed by atoms with Crippen molar-refractivity contribution in [1.29, 1.82) is 0 Å². The lowest BCUT2D eigenvalue weighted by Crippen LogP contribution is -2.40. The van der Waals surface area contributed by atoms with E-state index < -0.39 is 17.7 Å². The van der Waals surface area contributed by atoms with Crippen LogP contribution >= 0.6 is 45.8 Å². The van der Waals surface area contributed by atoms with E-state index in [-0.39, 0.29) is 16.9 Å². The van der Waals surface area contributed by atoms with E-state index in [1.165, 1.54) is 13.0 Å². The minimum Gasteiger partial charge on any atom is -0.320 e. The maximum absolute atomic E-state index is 13.2. The number of nitrogens with one attached hydrogen (secondary N) is 3. The van der Waals surface area contributed by atoms with E-state index in [0.717, 1.165) is 3.70 Å². The fourth-order valence-electron chi connectivity index (χ4n) is 2.82. The Morgan fingerprint density at radius 1 is 1.06 bits per heavy atom. The van der Waals surface area contributed by atoms with Gasteiger partial charge in [-0.15, -0.1) is 0 Å². The number of halogens is 3. The zero-order valence-electron chi connectivity index (χ0n) is 16.3. The molecule has 0 spiro atoms. The monoisotopic (exact) mass is 571 g/mol. The molecule has 0 bridgehead atoms. The molecule has 0 aliphatic rings. The molecule has 31 heavy (non-hydrogen) atoms. The number of hydrogen-bond donors (Lipinski definition) is 3. The number of hydrazine groups is 1. The van der Waals surface area contributed by atoms with Crippen LogP contribution in [0.15, 0.2) is 42.6 Å². The van der Waals surface area contributed by atoms with Gasteiger partial charge in [-0.2, -0.15) is 0 Å². The number of amides is 3. The van der Waals surface area contributed by atoms with Gasteiger partial charge in [0.1, 0.15) is 5.69 Å². The van der Waals surface area contributed by atoms with Crippen molar-refractivity contribution < 1.29 is 14.4 Å². The molecule has 0 radical (unpaired) electrons. The second kappa shape index (κ2) is 9.67. The molecule has 2 aromatic heterocycles. The lowest BCUT2D eigenvalue weighted by Gasteiger charge is -2.16. The first-order valence-electron chi connectivity index (χ1n) is 8.85. The highest BCUT2D eigenvalue weighted by Crippen LogP contribution is 2.28. The van der Waals surface area contributed by atoms with E-state index in [0.29, 0.717) is 21.4 Å². The summed E-state index contributed by atoms with van der Waals surface area (Å²) in [6.45, 7) is 2.96. The molecule has 0 aliphatic carbocycles. The standard InChI is InChI=1S/C20H16Cl2IN5O3/c1-10-8-12(21)9-13(19(30)27-26-11(2)29)17(10)25-20(31)15-5-6-16(23)28(15)18-14(22)4-3-7-24-18/h3-9H,1-2H3,(H,25,31)(H,26,29)(H,27,30). The summed E-state index contributed by atoms with van der Waals surface area (Å²) < 4.78 is 2.33. The topological polar surface area (TPSA) is 105 Å². The van der Waals surface area contributed by atoms with E-state index in [4.69, 9.17) is 23.2 Å². The molecule has 3 aromatic rings. The van der Waals surface area contributed by atoms with E-state index in [2.05, 4.69) is 43.7 Å². The molecule has 3 amide bonds. The van der Waals surface area contributed by atoms with Gasteiger partial charge in [-0.1, -0.05) is 23.2 Å². The molecule has 0 unspecified atom stereocenters. The summed E-state index contributed by atoms with van der Waals surface area (Å²) in [6, 6.07) is 9.77. The Labute approximate surface area is 201 Å². The van der Waals surface area contributed by atoms with Crippen molar-refractivity contribution >= 4 is 69.2 Å². The van der Waals surface area contributed by atoms with Crippen LogP contribution in [0.1, 0.15) is 33.3 Å². The number of nitrogens with zero attached hydrogens (tertiary/aromatic N) is 2. The lowest BCUT2D eigenvalue weighted by atomic mass is 10.1. The predicted octanol–water partition coefficient (Wildman–Crippen LogP) is 4.13. The summed E-state index contributed by atoms with van der Waals surface area (Å²) >= 11 is 14.4. The van der Waals surface area contributed by atoms with Gasteiger partial charge in [0.25, 0.3) is 11.8 Å². The minimum atomic E-state index is -0.631. The summed E-state index contributed by atoms with van der Waals surface area (Å²) in [5.74, 6) is -1.16. The normalized spacial score (nSPS) is 10.5. The van der Waals surface area contributed by atoms with E-state index in [1.54, 1.807) is 48.0 Å². The SMILES string of the molecule is CC(=O)NNC(=O)c1cc(Cl)cc(C)c1NC(=O)c1ccc(I)n1-c1ncccc1Cl.